The van der Waals surface area contributed by atoms with Crippen LogP contribution in [0.5, 0.6) is 5.75 Å². The molecule has 2 N–H and O–H groups in total. The van der Waals surface area contributed by atoms with Crippen LogP contribution in [0.4, 0.5) is 4.39 Å². The molecule has 1 aromatic carbocycles. The molecule has 86 valence electrons. The zero-order chi connectivity index (χ0) is 11.9. The predicted molar refractivity (Wildman–Crippen MR) is 59.4 cm³/mol. The number of ether oxygens (including phenoxy) is 1. The van der Waals surface area contributed by atoms with Crippen LogP contribution in [0.1, 0.15) is 25.3 Å². The van der Waals surface area contributed by atoms with Gasteiger partial charge in [0.25, 0.3) is 0 Å². The van der Waals surface area contributed by atoms with E-state index in [2.05, 4.69) is 0 Å². The summed E-state index contributed by atoms with van der Waals surface area (Å²) in [5, 5.41) is 18.4. The third-order valence-corrected chi connectivity index (χ3v) is 3.25. The van der Waals surface area contributed by atoms with E-state index in [0.29, 0.717) is 0 Å². The second-order valence-electron chi connectivity index (χ2n) is 4.51. The lowest BCUT2D eigenvalue weighted by Crippen LogP contribution is -2.32. The average molecular weight is 224 g/mol. The third-order valence-electron chi connectivity index (χ3n) is 3.25. The van der Waals surface area contributed by atoms with Gasteiger partial charge < -0.3 is 14.8 Å². The first-order valence-corrected chi connectivity index (χ1v) is 5.22. The van der Waals surface area contributed by atoms with E-state index in [0.717, 1.165) is 18.4 Å². The van der Waals surface area contributed by atoms with Gasteiger partial charge in [-0.05, 0) is 29.9 Å². The van der Waals surface area contributed by atoms with Crippen molar-refractivity contribution in [3.8, 4) is 5.75 Å². The van der Waals surface area contributed by atoms with Crippen molar-refractivity contribution in [3.63, 3.8) is 0 Å². The number of methoxy groups -OCH3 is 1. The Hall–Kier alpha value is -1.07. The Morgan fingerprint density at radius 1 is 1.38 bits per heavy atom. The van der Waals surface area contributed by atoms with Gasteiger partial charge in [-0.25, -0.2) is 4.39 Å². The Labute approximate surface area is 94.0 Å². The molecule has 1 saturated carbocycles. The quantitative estimate of drug-likeness (QED) is 0.737. The van der Waals surface area contributed by atoms with Crippen LogP contribution in [0.15, 0.2) is 12.1 Å². The lowest BCUT2D eigenvalue weighted by atomic mass is 9.77. The predicted octanol–water partition coefficient (Wildman–Crippen LogP) is 0.566. The summed E-state index contributed by atoms with van der Waals surface area (Å²) in [5.41, 5.74) is 0.871. The first-order valence-electron chi connectivity index (χ1n) is 5.22. The van der Waals surface area contributed by atoms with E-state index in [1.807, 2.05) is 6.92 Å². The van der Waals surface area contributed by atoms with Crippen molar-refractivity contribution in [3.05, 3.63) is 23.5 Å². The second-order valence-corrected chi connectivity index (χ2v) is 4.51. The summed E-state index contributed by atoms with van der Waals surface area (Å²) >= 11 is 0. The zero-order valence-corrected chi connectivity index (χ0v) is 9.33. The molecule has 1 aliphatic carbocycles. The maximum atomic E-state index is 13.7. The van der Waals surface area contributed by atoms with Crippen LogP contribution in [0, 0.1) is 5.82 Å². The molecule has 3 nitrogen and oxygen atoms in total. The first kappa shape index (κ1) is 11.4. The van der Waals surface area contributed by atoms with E-state index in [9.17, 15) is 14.4 Å². The molecule has 0 atom stereocenters. The van der Waals surface area contributed by atoms with E-state index in [-0.39, 0.29) is 16.6 Å². The second kappa shape index (κ2) is 3.75. The molecule has 0 radical (unpaired) electrons. The largest absolute Gasteiger partial charge is 0.494 e. The van der Waals surface area contributed by atoms with Gasteiger partial charge in [-0.2, -0.15) is 0 Å². The molecule has 0 bridgehead atoms. The van der Waals surface area contributed by atoms with Gasteiger partial charge in [0, 0.05) is 5.46 Å². The Morgan fingerprint density at radius 2 is 2.00 bits per heavy atom. The Bertz CT molecular complexity index is 416. The van der Waals surface area contributed by atoms with Crippen LogP contribution in [0.3, 0.4) is 0 Å². The summed E-state index contributed by atoms with van der Waals surface area (Å²) in [6.07, 6.45) is 2.00. The minimum atomic E-state index is -1.72. The number of hydrogen-bond acceptors (Lipinski definition) is 3. The highest BCUT2D eigenvalue weighted by molar-refractivity contribution is 6.59. The van der Waals surface area contributed by atoms with Crippen LogP contribution in [-0.4, -0.2) is 24.3 Å². The van der Waals surface area contributed by atoms with Gasteiger partial charge in [0.05, 0.1) is 7.11 Å². The molecule has 1 aromatic rings. The molecular formula is C11H14BFO3. The molecule has 0 amide bonds. The zero-order valence-electron chi connectivity index (χ0n) is 9.33. The average Bonchev–Trinajstić information content (AvgIpc) is 2.96. The van der Waals surface area contributed by atoms with E-state index in [1.165, 1.54) is 13.2 Å². The Kier molecular flexibility index (Phi) is 2.68. The summed E-state index contributed by atoms with van der Waals surface area (Å²) < 4.78 is 18.5. The third kappa shape index (κ3) is 1.81. The first-order chi connectivity index (χ1) is 7.48. The van der Waals surface area contributed by atoms with Crippen molar-refractivity contribution < 1.29 is 19.2 Å². The maximum Gasteiger partial charge on any atom is 0.492 e. The van der Waals surface area contributed by atoms with E-state index < -0.39 is 12.9 Å². The van der Waals surface area contributed by atoms with E-state index in [1.54, 1.807) is 6.07 Å². The molecule has 16 heavy (non-hydrogen) atoms. The van der Waals surface area contributed by atoms with Crippen molar-refractivity contribution in [1.29, 1.82) is 0 Å². The monoisotopic (exact) mass is 224 g/mol. The minimum Gasteiger partial charge on any atom is -0.494 e. The highest BCUT2D eigenvalue weighted by Crippen LogP contribution is 2.47. The van der Waals surface area contributed by atoms with Gasteiger partial charge >= 0.3 is 7.12 Å². The summed E-state index contributed by atoms with van der Waals surface area (Å²) in [7, 11) is -0.408. The molecule has 1 fully saturated rings. The molecule has 1 aliphatic rings. The standard InChI is InChI=1S/C11H14BFO3/c1-11(3-4-11)7-5-8(12(14)15)10(16-2)9(13)6-7/h5-6,14-15H,3-4H2,1-2H3. The van der Waals surface area contributed by atoms with Gasteiger partial charge in [-0.15, -0.1) is 0 Å². The van der Waals surface area contributed by atoms with Crippen molar-refractivity contribution >= 4 is 12.6 Å². The van der Waals surface area contributed by atoms with Crippen LogP contribution >= 0.6 is 0 Å². The van der Waals surface area contributed by atoms with E-state index >= 15 is 0 Å². The van der Waals surface area contributed by atoms with Crippen LogP contribution in [0.25, 0.3) is 0 Å². The van der Waals surface area contributed by atoms with Gasteiger partial charge in [-0.1, -0.05) is 13.0 Å². The molecule has 0 saturated heterocycles. The lowest BCUT2D eigenvalue weighted by Gasteiger charge is -2.15. The fourth-order valence-corrected chi connectivity index (χ4v) is 1.85. The molecule has 2 rings (SSSR count). The Morgan fingerprint density at radius 3 is 2.44 bits per heavy atom. The number of halogens is 1. The highest BCUT2D eigenvalue weighted by Gasteiger charge is 2.40. The van der Waals surface area contributed by atoms with Crippen LogP contribution < -0.4 is 10.2 Å². The molecule has 5 heteroatoms. The summed E-state index contributed by atoms with van der Waals surface area (Å²) in [4.78, 5) is 0. The highest BCUT2D eigenvalue weighted by atomic mass is 19.1. The fourth-order valence-electron chi connectivity index (χ4n) is 1.85. The van der Waals surface area contributed by atoms with Gasteiger partial charge in [0.15, 0.2) is 11.6 Å². The molecule has 0 aromatic heterocycles. The molecule has 0 spiro atoms. The van der Waals surface area contributed by atoms with Crippen molar-refractivity contribution in [2.24, 2.45) is 0 Å². The lowest BCUT2D eigenvalue weighted by molar-refractivity contribution is 0.381. The molecule has 0 aliphatic heterocycles. The molecule has 0 heterocycles. The van der Waals surface area contributed by atoms with Gasteiger partial charge in [0.2, 0.25) is 0 Å². The van der Waals surface area contributed by atoms with Crippen molar-refractivity contribution in [2.75, 3.05) is 7.11 Å². The smallest absolute Gasteiger partial charge is 0.492 e. The summed E-state index contributed by atoms with van der Waals surface area (Å²) in [6, 6.07) is 3.03. The summed E-state index contributed by atoms with van der Waals surface area (Å²) in [5.74, 6) is -0.640. The van der Waals surface area contributed by atoms with Crippen molar-refractivity contribution in [1.82, 2.24) is 0 Å². The SMILES string of the molecule is COc1c(F)cc(C2(C)CC2)cc1B(O)O. The summed E-state index contributed by atoms with van der Waals surface area (Å²) in [6.45, 7) is 2.03. The normalized spacial score (nSPS) is 17.1. The van der Waals surface area contributed by atoms with Crippen LogP contribution in [0.2, 0.25) is 0 Å². The van der Waals surface area contributed by atoms with Crippen molar-refractivity contribution in [2.45, 2.75) is 25.2 Å². The molecule has 0 unspecified atom stereocenters. The number of hydrogen-bond donors (Lipinski definition) is 2. The topological polar surface area (TPSA) is 49.7 Å². The van der Waals surface area contributed by atoms with Gasteiger partial charge in [0.1, 0.15) is 0 Å². The molecular weight excluding hydrogens is 210 g/mol. The minimum absolute atomic E-state index is 0.0171. The maximum absolute atomic E-state index is 13.7. The fraction of sp³-hybridized carbons (Fsp3) is 0.455. The number of rotatable bonds is 3. The van der Waals surface area contributed by atoms with Gasteiger partial charge in [-0.3, -0.25) is 0 Å². The Balaban J connectivity index is 2.52. The van der Waals surface area contributed by atoms with E-state index in [4.69, 9.17) is 4.74 Å². The van der Waals surface area contributed by atoms with Crippen LogP contribution in [-0.2, 0) is 5.41 Å². The number of benzene rings is 1.